The van der Waals surface area contributed by atoms with Crippen LogP contribution < -0.4 is 15.5 Å². The monoisotopic (exact) mass is 352 g/mol. The third-order valence-electron chi connectivity index (χ3n) is 4.45. The van der Waals surface area contributed by atoms with E-state index in [0.29, 0.717) is 12.2 Å². The molecule has 0 atom stereocenters. The number of amides is 2. The maximum atomic E-state index is 11.9. The van der Waals surface area contributed by atoms with Crippen LogP contribution in [0.3, 0.4) is 0 Å². The molecular weight excluding hydrogens is 328 g/mol. The highest BCUT2D eigenvalue weighted by Gasteiger charge is 2.18. The molecule has 2 N–H and O–H groups in total. The van der Waals surface area contributed by atoms with Crippen molar-refractivity contribution in [2.75, 3.05) is 49.5 Å². The Kier molecular flexibility index (Phi) is 6.22. The number of nitrogens with zero attached hydrogens (tertiary/aromatic N) is 2. The van der Waals surface area contributed by atoms with Crippen molar-refractivity contribution in [2.45, 2.75) is 0 Å². The van der Waals surface area contributed by atoms with Gasteiger partial charge >= 0.3 is 11.8 Å². The minimum absolute atomic E-state index is 0.465. The largest absolute Gasteiger partial charge is 0.369 e. The molecule has 2 aromatic carbocycles. The number of benzene rings is 2. The molecular formula is C20H24N4O2. The summed E-state index contributed by atoms with van der Waals surface area (Å²) < 4.78 is 0. The van der Waals surface area contributed by atoms with E-state index < -0.39 is 11.8 Å². The van der Waals surface area contributed by atoms with Crippen LogP contribution in [-0.4, -0.2) is 56.0 Å². The molecule has 1 saturated heterocycles. The molecule has 0 aliphatic carbocycles. The Hall–Kier alpha value is -2.86. The number of nitrogens with one attached hydrogen (secondary N) is 2. The lowest BCUT2D eigenvalue weighted by Gasteiger charge is -2.36. The van der Waals surface area contributed by atoms with Gasteiger partial charge in [0.25, 0.3) is 0 Å². The van der Waals surface area contributed by atoms with Crippen molar-refractivity contribution in [2.24, 2.45) is 0 Å². The quantitative estimate of drug-likeness (QED) is 0.802. The first kappa shape index (κ1) is 17.9. The molecule has 0 spiro atoms. The van der Waals surface area contributed by atoms with Gasteiger partial charge in [0, 0.05) is 50.6 Å². The first-order chi connectivity index (χ1) is 12.7. The van der Waals surface area contributed by atoms with Gasteiger partial charge in [-0.05, 0) is 24.3 Å². The van der Waals surface area contributed by atoms with Gasteiger partial charge in [0.1, 0.15) is 0 Å². The summed E-state index contributed by atoms with van der Waals surface area (Å²) >= 11 is 0. The van der Waals surface area contributed by atoms with Crippen LogP contribution in [0.25, 0.3) is 0 Å². The molecule has 1 fully saturated rings. The molecule has 6 heteroatoms. The fraction of sp³-hybridized carbons (Fsp3) is 0.300. The Morgan fingerprint density at radius 3 is 2.08 bits per heavy atom. The zero-order valence-corrected chi connectivity index (χ0v) is 14.7. The first-order valence-corrected chi connectivity index (χ1v) is 8.89. The number of rotatable bonds is 5. The number of carbonyl (C=O) groups excluding carboxylic acids is 2. The highest BCUT2D eigenvalue weighted by atomic mass is 16.2. The molecule has 0 unspecified atom stereocenters. The summed E-state index contributed by atoms with van der Waals surface area (Å²) in [4.78, 5) is 28.4. The molecule has 0 saturated carbocycles. The number of piperazine rings is 1. The summed E-state index contributed by atoms with van der Waals surface area (Å²) in [6, 6.07) is 19.3. The van der Waals surface area contributed by atoms with Crippen LogP contribution in [0.1, 0.15) is 0 Å². The molecule has 136 valence electrons. The van der Waals surface area contributed by atoms with E-state index in [1.54, 1.807) is 12.1 Å². The maximum Gasteiger partial charge on any atom is 0.313 e. The zero-order valence-electron chi connectivity index (χ0n) is 14.7. The molecule has 26 heavy (non-hydrogen) atoms. The second-order valence-corrected chi connectivity index (χ2v) is 6.24. The topological polar surface area (TPSA) is 64.7 Å². The molecule has 3 rings (SSSR count). The van der Waals surface area contributed by atoms with E-state index in [1.165, 1.54) is 5.69 Å². The van der Waals surface area contributed by atoms with Crippen molar-refractivity contribution in [1.82, 2.24) is 10.2 Å². The molecule has 0 radical (unpaired) electrons. The van der Waals surface area contributed by atoms with E-state index in [1.807, 2.05) is 24.3 Å². The number of hydrogen-bond acceptors (Lipinski definition) is 4. The fourth-order valence-electron chi connectivity index (χ4n) is 2.99. The van der Waals surface area contributed by atoms with Crippen LogP contribution in [0.15, 0.2) is 60.7 Å². The zero-order chi connectivity index (χ0) is 18.2. The second-order valence-electron chi connectivity index (χ2n) is 6.24. The molecule has 0 bridgehead atoms. The molecule has 1 aliphatic heterocycles. The summed E-state index contributed by atoms with van der Waals surface area (Å²) in [5, 5.41) is 5.27. The molecule has 0 aromatic heterocycles. The van der Waals surface area contributed by atoms with Crippen LogP contribution in [0, 0.1) is 0 Å². The van der Waals surface area contributed by atoms with E-state index in [2.05, 4.69) is 44.7 Å². The van der Waals surface area contributed by atoms with Gasteiger partial charge in [-0.3, -0.25) is 14.5 Å². The lowest BCUT2D eigenvalue weighted by atomic mass is 10.2. The number of anilines is 2. The van der Waals surface area contributed by atoms with E-state index in [9.17, 15) is 9.59 Å². The summed E-state index contributed by atoms with van der Waals surface area (Å²) in [6.45, 7) is 5.03. The molecule has 1 aliphatic rings. The van der Waals surface area contributed by atoms with Gasteiger partial charge in [-0.15, -0.1) is 0 Å². The Labute approximate surface area is 153 Å². The van der Waals surface area contributed by atoms with Crippen molar-refractivity contribution >= 4 is 23.2 Å². The lowest BCUT2D eigenvalue weighted by Crippen LogP contribution is -2.49. The first-order valence-electron chi connectivity index (χ1n) is 8.89. The maximum absolute atomic E-state index is 11.9. The lowest BCUT2D eigenvalue weighted by molar-refractivity contribution is -0.136. The number of para-hydroxylation sites is 2. The molecule has 2 amide bonds. The second kappa shape index (κ2) is 9.01. The van der Waals surface area contributed by atoms with Gasteiger partial charge < -0.3 is 15.5 Å². The normalized spacial score (nSPS) is 14.7. The van der Waals surface area contributed by atoms with Crippen molar-refractivity contribution in [3.63, 3.8) is 0 Å². The van der Waals surface area contributed by atoms with Crippen LogP contribution >= 0.6 is 0 Å². The van der Waals surface area contributed by atoms with E-state index >= 15 is 0 Å². The number of hydrogen-bond donors (Lipinski definition) is 2. The van der Waals surface area contributed by atoms with Crippen LogP contribution in [-0.2, 0) is 9.59 Å². The Morgan fingerprint density at radius 1 is 0.808 bits per heavy atom. The SMILES string of the molecule is O=C(NCCN1CCN(c2ccccc2)CC1)C(=O)Nc1ccccc1. The highest BCUT2D eigenvalue weighted by molar-refractivity contribution is 6.39. The summed E-state index contributed by atoms with van der Waals surface area (Å²) in [5.41, 5.74) is 1.86. The van der Waals surface area contributed by atoms with Crippen molar-refractivity contribution < 1.29 is 9.59 Å². The van der Waals surface area contributed by atoms with E-state index in [0.717, 1.165) is 32.7 Å². The average Bonchev–Trinajstić information content (AvgIpc) is 2.70. The standard InChI is InChI=1S/C20H24N4O2/c25-19(20(26)22-17-7-3-1-4-8-17)21-11-12-23-13-15-24(16-14-23)18-9-5-2-6-10-18/h1-10H,11-16H2,(H,21,25)(H,22,26). The summed E-state index contributed by atoms with van der Waals surface area (Å²) in [5.74, 6) is -1.23. The van der Waals surface area contributed by atoms with Gasteiger partial charge in [0.2, 0.25) is 0 Å². The van der Waals surface area contributed by atoms with Gasteiger partial charge in [-0.25, -0.2) is 0 Å². The minimum Gasteiger partial charge on any atom is -0.369 e. The Balaban J connectivity index is 1.35. The predicted octanol–water partition coefficient (Wildman–Crippen LogP) is 1.56. The molecule has 1 heterocycles. The van der Waals surface area contributed by atoms with E-state index in [-0.39, 0.29) is 0 Å². The van der Waals surface area contributed by atoms with Gasteiger partial charge in [0.05, 0.1) is 0 Å². The van der Waals surface area contributed by atoms with Gasteiger partial charge in [-0.1, -0.05) is 36.4 Å². The smallest absolute Gasteiger partial charge is 0.313 e. The third kappa shape index (κ3) is 5.07. The summed E-state index contributed by atoms with van der Waals surface area (Å²) in [7, 11) is 0. The molecule has 6 nitrogen and oxygen atoms in total. The van der Waals surface area contributed by atoms with Crippen molar-refractivity contribution in [3.8, 4) is 0 Å². The van der Waals surface area contributed by atoms with Crippen molar-refractivity contribution in [3.05, 3.63) is 60.7 Å². The number of carbonyl (C=O) groups is 2. The van der Waals surface area contributed by atoms with E-state index in [4.69, 9.17) is 0 Å². The van der Waals surface area contributed by atoms with Crippen LogP contribution in [0.5, 0.6) is 0 Å². The predicted molar refractivity (Wildman–Crippen MR) is 103 cm³/mol. The Morgan fingerprint density at radius 2 is 1.42 bits per heavy atom. The molecule has 2 aromatic rings. The van der Waals surface area contributed by atoms with Crippen molar-refractivity contribution in [1.29, 1.82) is 0 Å². The van der Waals surface area contributed by atoms with Gasteiger partial charge in [-0.2, -0.15) is 0 Å². The Bertz CT molecular complexity index is 713. The minimum atomic E-state index is -0.634. The fourth-order valence-corrected chi connectivity index (χ4v) is 2.99. The third-order valence-corrected chi connectivity index (χ3v) is 4.45. The van der Waals surface area contributed by atoms with Gasteiger partial charge in [0.15, 0.2) is 0 Å². The van der Waals surface area contributed by atoms with Crippen LogP contribution in [0.4, 0.5) is 11.4 Å². The summed E-state index contributed by atoms with van der Waals surface area (Å²) in [6.07, 6.45) is 0. The highest BCUT2D eigenvalue weighted by Crippen LogP contribution is 2.15. The average molecular weight is 352 g/mol. The van der Waals surface area contributed by atoms with Crippen LogP contribution in [0.2, 0.25) is 0 Å².